The van der Waals surface area contributed by atoms with Gasteiger partial charge in [-0.3, -0.25) is 9.59 Å². The van der Waals surface area contributed by atoms with Crippen LogP contribution in [0.5, 0.6) is 0 Å². The molecule has 154 valence electrons. The molecule has 8 heteroatoms. The molecule has 0 N–H and O–H groups in total. The first-order valence-corrected chi connectivity index (χ1v) is 9.59. The van der Waals surface area contributed by atoms with E-state index in [9.17, 15) is 18.4 Å². The third-order valence-electron chi connectivity index (χ3n) is 5.18. The second kappa shape index (κ2) is 8.06. The van der Waals surface area contributed by atoms with Crippen LogP contribution in [0.3, 0.4) is 0 Å². The monoisotopic (exact) mass is 410 g/mol. The molecular formula is C22H20F2N4O2. The molecule has 0 saturated carbocycles. The molecule has 2 heterocycles. The Morgan fingerprint density at radius 2 is 1.53 bits per heavy atom. The van der Waals surface area contributed by atoms with E-state index in [1.54, 1.807) is 53.1 Å². The molecule has 0 bridgehead atoms. The number of nitrogens with zero attached hydrogens (tertiary/aromatic N) is 4. The van der Waals surface area contributed by atoms with E-state index >= 15 is 0 Å². The van der Waals surface area contributed by atoms with Crippen LogP contribution in [0, 0.1) is 18.6 Å². The molecule has 1 aliphatic heterocycles. The first kappa shape index (κ1) is 19.8. The molecule has 4 rings (SSSR count). The van der Waals surface area contributed by atoms with Gasteiger partial charge in [0.05, 0.1) is 0 Å². The average Bonchev–Trinajstić information content (AvgIpc) is 3.25. The summed E-state index contributed by atoms with van der Waals surface area (Å²) < 4.78 is 29.0. The summed E-state index contributed by atoms with van der Waals surface area (Å²) in [5.74, 6) is -1.39. The highest BCUT2D eigenvalue weighted by Crippen LogP contribution is 2.16. The number of rotatable bonds is 3. The Bertz CT molecular complexity index is 1100. The number of aromatic nitrogens is 2. The Labute approximate surface area is 172 Å². The van der Waals surface area contributed by atoms with Gasteiger partial charge in [0, 0.05) is 37.9 Å². The van der Waals surface area contributed by atoms with Crippen LogP contribution in [-0.2, 0) is 0 Å². The molecule has 0 radical (unpaired) electrons. The van der Waals surface area contributed by atoms with E-state index in [0.29, 0.717) is 37.3 Å². The van der Waals surface area contributed by atoms with Crippen LogP contribution >= 0.6 is 0 Å². The summed E-state index contributed by atoms with van der Waals surface area (Å²) >= 11 is 0. The van der Waals surface area contributed by atoms with Gasteiger partial charge in [-0.1, -0.05) is 18.2 Å². The lowest BCUT2D eigenvalue weighted by molar-refractivity contribution is 0.0532. The van der Waals surface area contributed by atoms with Crippen molar-refractivity contribution in [3.8, 4) is 5.69 Å². The zero-order chi connectivity index (χ0) is 21.3. The minimum absolute atomic E-state index is 0.207. The maximum atomic E-state index is 13.9. The molecule has 6 nitrogen and oxygen atoms in total. The van der Waals surface area contributed by atoms with Crippen LogP contribution in [0.25, 0.3) is 5.69 Å². The molecule has 0 spiro atoms. The maximum absolute atomic E-state index is 13.9. The molecular weight excluding hydrogens is 390 g/mol. The van der Waals surface area contributed by atoms with Gasteiger partial charge < -0.3 is 9.80 Å². The molecule has 1 fully saturated rings. The second-order valence-electron chi connectivity index (χ2n) is 7.15. The quantitative estimate of drug-likeness (QED) is 0.667. The largest absolute Gasteiger partial charge is 0.335 e. The highest BCUT2D eigenvalue weighted by atomic mass is 19.1. The van der Waals surface area contributed by atoms with E-state index < -0.39 is 11.6 Å². The molecule has 1 aromatic heterocycles. The Hall–Kier alpha value is -3.55. The molecule has 0 unspecified atom stereocenters. The number of piperazine rings is 1. The van der Waals surface area contributed by atoms with Crippen LogP contribution in [0.4, 0.5) is 8.78 Å². The average molecular weight is 410 g/mol. The van der Waals surface area contributed by atoms with Crippen molar-refractivity contribution in [1.82, 2.24) is 19.6 Å². The molecule has 30 heavy (non-hydrogen) atoms. The molecule has 2 amide bonds. The fourth-order valence-electron chi connectivity index (χ4n) is 3.39. The van der Waals surface area contributed by atoms with Gasteiger partial charge in [0.25, 0.3) is 11.8 Å². The molecule has 2 aromatic carbocycles. The fourth-order valence-corrected chi connectivity index (χ4v) is 3.39. The van der Waals surface area contributed by atoms with Gasteiger partial charge in [0.15, 0.2) is 5.69 Å². The van der Waals surface area contributed by atoms with Crippen molar-refractivity contribution >= 4 is 11.8 Å². The zero-order valence-electron chi connectivity index (χ0n) is 16.4. The number of benzene rings is 2. The third-order valence-corrected chi connectivity index (χ3v) is 5.18. The number of hydrogen-bond donors (Lipinski definition) is 0. The predicted octanol–water partition coefficient (Wildman–Crippen LogP) is 3.06. The van der Waals surface area contributed by atoms with E-state index in [-0.39, 0.29) is 23.2 Å². The van der Waals surface area contributed by atoms with Crippen molar-refractivity contribution in [2.24, 2.45) is 0 Å². The lowest BCUT2D eigenvalue weighted by atomic mass is 10.1. The van der Waals surface area contributed by atoms with Crippen LogP contribution in [0.2, 0.25) is 0 Å². The lowest BCUT2D eigenvalue weighted by Gasteiger charge is -2.34. The number of amides is 2. The van der Waals surface area contributed by atoms with Gasteiger partial charge in [0.1, 0.15) is 17.3 Å². The SMILES string of the molecule is Cc1ccc(C(=O)N2CCN(C(=O)c3ccn(-c4ccccc4F)n3)CC2)cc1F. The van der Waals surface area contributed by atoms with E-state index in [1.807, 2.05) is 0 Å². The predicted molar refractivity (Wildman–Crippen MR) is 106 cm³/mol. The minimum atomic E-state index is -0.431. The van der Waals surface area contributed by atoms with E-state index in [1.165, 1.54) is 23.0 Å². The zero-order valence-corrected chi connectivity index (χ0v) is 16.4. The highest BCUT2D eigenvalue weighted by Gasteiger charge is 2.27. The van der Waals surface area contributed by atoms with Crippen LogP contribution < -0.4 is 0 Å². The summed E-state index contributed by atoms with van der Waals surface area (Å²) in [5.41, 5.74) is 1.24. The molecule has 1 aliphatic rings. The van der Waals surface area contributed by atoms with E-state index in [0.717, 1.165) is 0 Å². The van der Waals surface area contributed by atoms with Gasteiger partial charge in [-0.2, -0.15) is 5.10 Å². The maximum Gasteiger partial charge on any atom is 0.274 e. The smallest absolute Gasteiger partial charge is 0.274 e. The van der Waals surface area contributed by atoms with Crippen LogP contribution in [0.15, 0.2) is 54.7 Å². The van der Waals surface area contributed by atoms with Gasteiger partial charge in [-0.25, -0.2) is 13.5 Å². The highest BCUT2D eigenvalue weighted by molar-refractivity contribution is 5.95. The number of para-hydroxylation sites is 1. The van der Waals surface area contributed by atoms with E-state index in [4.69, 9.17) is 0 Å². The number of halogens is 2. The molecule has 3 aromatic rings. The molecule has 0 aliphatic carbocycles. The van der Waals surface area contributed by atoms with Crippen molar-refractivity contribution < 1.29 is 18.4 Å². The first-order valence-electron chi connectivity index (χ1n) is 9.59. The normalized spacial score (nSPS) is 14.1. The summed E-state index contributed by atoms with van der Waals surface area (Å²) in [6.45, 7) is 3.00. The third kappa shape index (κ3) is 3.80. The second-order valence-corrected chi connectivity index (χ2v) is 7.15. The molecule has 1 saturated heterocycles. The Morgan fingerprint density at radius 1 is 0.867 bits per heavy atom. The number of carbonyl (C=O) groups excluding carboxylic acids is 2. The fraction of sp³-hybridized carbons (Fsp3) is 0.227. The minimum Gasteiger partial charge on any atom is -0.335 e. The van der Waals surface area contributed by atoms with Crippen molar-refractivity contribution in [1.29, 1.82) is 0 Å². The Morgan fingerprint density at radius 3 is 2.20 bits per heavy atom. The van der Waals surface area contributed by atoms with Gasteiger partial charge >= 0.3 is 0 Å². The first-order chi connectivity index (χ1) is 14.4. The summed E-state index contributed by atoms with van der Waals surface area (Å²) in [6.07, 6.45) is 1.54. The van der Waals surface area contributed by atoms with Gasteiger partial charge in [-0.15, -0.1) is 0 Å². The van der Waals surface area contributed by atoms with Crippen LogP contribution in [0.1, 0.15) is 26.4 Å². The Kier molecular flexibility index (Phi) is 5.31. The summed E-state index contributed by atoms with van der Waals surface area (Å²) in [6, 6.07) is 12.1. The van der Waals surface area contributed by atoms with E-state index in [2.05, 4.69) is 5.10 Å². The van der Waals surface area contributed by atoms with Crippen molar-refractivity contribution in [3.63, 3.8) is 0 Å². The summed E-state index contributed by atoms with van der Waals surface area (Å²) in [5, 5.41) is 4.20. The van der Waals surface area contributed by atoms with Gasteiger partial charge in [-0.05, 0) is 42.8 Å². The number of carbonyl (C=O) groups is 2. The summed E-state index contributed by atoms with van der Waals surface area (Å²) in [4.78, 5) is 28.6. The molecule has 0 atom stereocenters. The van der Waals surface area contributed by atoms with Crippen LogP contribution in [-0.4, -0.2) is 57.6 Å². The number of hydrogen-bond acceptors (Lipinski definition) is 3. The van der Waals surface area contributed by atoms with Crippen molar-refractivity contribution in [2.45, 2.75) is 6.92 Å². The summed E-state index contributed by atoms with van der Waals surface area (Å²) in [7, 11) is 0. The van der Waals surface area contributed by atoms with Crippen molar-refractivity contribution in [2.75, 3.05) is 26.2 Å². The Balaban J connectivity index is 1.40. The topological polar surface area (TPSA) is 58.4 Å². The standard InChI is InChI=1S/C22H20F2N4O2/c1-15-6-7-16(14-18(15)24)21(29)26-10-12-27(13-11-26)22(30)19-8-9-28(25-19)20-5-3-2-4-17(20)23/h2-9,14H,10-13H2,1H3. The van der Waals surface area contributed by atoms with Crippen molar-refractivity contribution in [3.05, 3.63) is 83.2 Å². The van der Waals surface area contributed by atoms with Gasteiger partial charge in [0.2, 0.25) is 0 Å². The lowest BCUT2D eigenvalue weighted by Crippen LogP contribution is -2.50. The number of aryl methyl sites for hydroxylation is 1.